The van der Waals surface area contributed by atoms with Crippen molar-refractivity contribution in [3.05, 3.63) is 85.1 Å². The van der Waals surface area contributed by atoms with Crippen molar-refractivity contribution < 1.29 is 8.42 Å². The first-order valence-electron chi connectivity index (χ1n) is 8.22. The van der Waals surface area contributed by atoms with Gasteiger partial charge in [0, 0.05) is 28.8 Å². The van der Waals surface area contributed by atoms with Gasteiger partial charge in [-0.3, -0.25) is 4.98 Å². The van der Waals surface area contributed by atoms with Crippen molar-refractivity contribution in [1.82, 2.24) is 4.98 Å². The maximum atomic E-state index is 12.1. The Labute approximate surface area is 154 Å². The number of hydrogen-bond donors (Lipinski definition) is 1. The number of primary sulfonamides is 1. The standard InChI is InChI=1S/C21H20N2O2S/c1-3-15(2)17-13-19(18-11-7-8-12-20(18)26(22,24)25)21(23-14-17)16-9-5-4-6-10-16/h3-15H,1H2,2H3,(H2,22,24,25). The highest BCUT2D eigenvalue weighted by Gasteiger charge is 2.19. The van der Waals surface area contributed by atoms with Gasteiger partial charge >= 0.3 is 0 Å². The van der Waals surface area contributed by atoms with Crippen molar-refractivity contribution in [2.45, 2.75) is 17.7 Å². The highest BCUT2D eigenvalue weighted by molar-refractivity contribution is 7.89. The second kappa shape index (κ2) is 7.23. The lowest BCUT2D eigenvalue weighted by molar-refractivity contribution is 0.598. The average Bonchev–Trinajstić information content (AvgIpc) is 2.67. The number of pyridine rings is 1. The third-order valence-electron chi connectivity index (χ3n) is 4.32. The second-order valence-corrected chi connectivity index (χ2v) is 7.63. The number of nitrogens with zero attached hydrogens (tertiary/aromatic N) is 1. The third kappa shape index (κ3) is 3.59. The molecule has 0 aliphatic heterocycles. The van der Waals surface area contributed by atoms with Crippen LogP contribution in [0.15, 0.2) is 84.4 Å². The summed E-state index contributed by atoms with van der Waals surface area (Å²) in [5.41, 5.74) is 3.84. The predicted octanol–water partition coefficient (Wildman–Crippen LogP) is 4.35. The fourth-order valence-electron chi connectivity index (χ4n) is 2.83. The largest absolute Gasteiger partial charge is 0.255 e. The van der Waals surface area contributed by atoms with Crippen LogP contribution in [0.5, 0.6) is 0 Å². The van der Waals surface area contributed by atoms with E-state index in [4.69, 9.17) is 5.14 Å². The van der Waals surface area contributed by atoms with E-state index in [0.29, 0.717) is 11.3 Å². The van der Waals surface area contributed by atoms with Gasteiger partial charge in [-0.05, 0) is 17.7 Å². The van der Waals surface area contributed by atoms with Crippen molar-refractivity contribution in [1.29, 1.82) is 0 Å². The molecule has 0 bridgehead atoms. The van der Waals surface area contributed by atoms with Gasteiger partial charge in [-0.1, -0.05) is 61.5 Å². The molecule has 3 aromatic rings. The summed E-state index contributed by atoms with van der Waals surface area (Å²) >= 11 is 0. The van der Waals surface area contributed by atoms with E-state index in [9.17, 15) is 8.42 Å². The first-order valence-corrected chi connectivity index (χ1v) is 9.76. The molecule has 5 heteroatoms. The highest BCUT2D eigenvalue weighted by atomic mass is 32.2. The number of aromatic nitrogens is 1. The summed E-state index contributed by atoms with van der Waals surface area (Å²) < 4.78 is 24.2. The lowest BCUT2D eigenvalue weighted by atomic mass is 9.94. The molecule has 0 saturated heterocycles. The summed E-state index contributed by atoms with van der Waals surface area (Å²) in [5, 5.41) is 5.44. The van der Waals surface area contributed by atoms with E-state index in [1.54, 1.807) is 24.4 Å². The minimum atomic E-state index is -3.87. The molecule has 4 nitrogen and oxygen atoms in total. The zero-order valence-electron chi connectivity index (χ0n) is 14.5. The number of nitrogens with two attached hydrogens (primary N) is 1. The first-order chi connectivity index (χ1) is 12.4. The molecule has 0 amide bonds. The number of sulfonamides is 1. The Morgan fingerprint density at radius 2 is 1.69 bits per heavy atom. The smallest absolute Gasteiger partial charge is 0.238 e. The van der Waals surface area contributed by atoms with Gasteiger partial charge < -0.3 is 0 Å². The minimum absolute atomic E-state index is 0.0855. The molecule has 2 N–H and O–H groups in total. The monoisotopic (exact) mass is 364 g/mol. The van der Waals surface area contributed by atoms with Crippen molar-refractivity contribution in [2.24, 2.45) is 5.14 Å². The van der Waals surface area contributed by atoms with Crippen molar-refractivity contribution in [3.63, 3.8) is 0 Å². The quantitative estimate of drug-likeness (QED) is 0.684. The zero-order valence-corrected chi connectivity index (χ0v) is 15.3. The van der Waals surface area contributed by atoms with Crippen LogP contribution in [0.1, 0.15) is 18.4 Å². The topological polar surface area (TPSA) is 73.0 Å². The lowest BCUT2D eigenvalue weighted by Gasteiger charge is -2.15. The summed E-state index contributed by atoms with van der Waals surface area (Å²) in [6.45, 7) is 5.85. The van der Waals surface area contributed by atoms with Crippen LogP contribution in [0, 0.1) is 0 Å². The van der Waals surface area contributed by atoms with Gasteiger partial charge in [-0.2, -0.15) is 0 Å². The van der Waals surface area contributed by atoms with E-state index in [-0.39, 0.29) is 10.8 Å². The molecule has 0 radical (unpaired) electrons. The van der Waals surface area contributed by atoms with Crippen LogP contribution < -0.4 is 5.14 Å². The fraction of sp³-hybridized carbons (Fsp3) is 0.0952. The lowest BCUT2D eigenvalue weighted by Crippen LogP contribution is -2.13. The average molecular weight is 364 g/mol. The molecular weight excluding hydrogens is 344 g/mol. The van der Waals surface area contributed by atoms with Gasteiger partial charge in [0.05, 0.1) is 10.6 Å². The Bertz CT molecular complexity index is 1040. The van der Waals surface area contributed by atoms with Crippen molar-refractivity contribution in [2.75, 3.05) is 0 Å². The number of allylic oxidation sites excluding steroid dienone is 1. The maximum Gasteiger partial charge on any atom is 0.238 e. The van der Waals surface area contributed by atoms with Gasteiger partial charge in [-0.15, -0.1) is 6.58 Å². The zero-order chi connectivity index (χ0) is 18.7. The second-order valence-electron chi connectivity index (χ2n) is 6.10. The van der Waals surface area contributed by atoms with Crippen LogP contribution in [-0.4, -0.2) is 13.4 Å². The Balaban J connectivity index is 2.33. The maximum absolute atomic E-state index is 12.1. The Hall–Kier alpha value is -2.76. The van der Waals surface area contributed by atoms with Gasteiger partial charge in [0.25, 0.3) is 0 Å². The third-order valence-corrected chi connectivity index (χ3v) is 5.29. The molecule has 1 heterocycles. The fourth-order valence-corrected chi connectivity index (χ4v) is 3.59. The molecule has 0 fully saturated rings. The van der Waals surface area contributed by atoms with E-state index in [1.807, 2.05) is 49.4 Å². The number of rotatable bonds is 5. The summed E-state index contributed by atoms with van der Waals surface area (Å²) in [4.78, 5) is 4.72. The van der Waals surface area contributed by atoms with E-state index in [0.717, 1.165) is 16.7 Å². The summed E-state index contributed by atoms with van der Waals surface area (Å²) in [6.07, 6.45) is 3.63. The molecule has 1 unspecified atom stereocenters. The predicted molar refractivity (Wildman–Crippen MR) is 105 cm³/mol. The van der Waals surface area contributed by atoms with E-state index >= 15 is 0 Å². The molecule has 0 saturated carbocycles. The Morgan fingerprint density at radius 1 is 1.04 bits per heavy atom. The SMILES string of the molecule is C=CC(C)c1cnc(-c2ccccc2)c(-c2ccccc2S(N)(=O)=O)c1. The Morgan fingerprint density at radius 3 is 2.35 bits per heavy atom. The normalized spacial score (nSPS) is 12.5. The van der Waals surface area contributed by atoms with E-state index < -0.39 is 10.0 Å². The minimum Gasteiger partial charge on any atom is -0.255 e. The summed E-state index contributed by atoms with van der Waals surface area (Å²) in [6, 6.07) is 18.4. The van der Waals surface area contributed by atoms with Crippen LogP contribution in [0.4, 0.5) is 0 Å². The van der Waals surface area contributed by atoms with E-state index in [1.165, 1.54) is 6.07 Å². The van der Waals surface area contributed by atoms with Gasteiger partial charge in [0.15, 0.2) is 0 Å². The molecule has 0 spiro atoms. The number of benzene rings is 2. The van der Waals surface area contributed by atoms with Crippen LogP contribution in [0.3, 0.4) is 0 Å². The van der Waals surface area contributed by atoms with Crippen LogP contribution >= 0.6 is 0 Å². The van der Waals surface area contributed by atoms with E-state index in [2.05, 4.69) is 11.6 Å². The van der Waals surface area contributed by atoms with Crippen LogP contribution in [0.2, 0.25) is 0 Å². The Kier molecular flexibility index (Phi) is 5.02. The summed E-state index contributed by atoms with van der Waals surface area (Å²) in [7, 11) is -3.87. The molecule has 3 rings (SSSR count). The molecule has 1 aromatic heterocycles. The molecule has 132 valence electrons. The summed E-state index contributed by atoms with van der Waals surface area (Å²) in [5.74, 6) is 0.0905. The molecule has 0 aliphatic carbocycles. The molecule has 0 aliphatic rings. The van der Waals surface area contributed by atoms with Gasteiger partial charge in [0.2, 0.25) is 10.0 Å². The van der Waals surface area contributed by atoms with Gasteiger partial charge in [0.1, 0.15) is 0 Å². The van der Waals surface area contributed by atoms with Crippen molar-refractivity contribution in [3.8, 4) is 22.4 Å². The molecule has 1 atom stereocenters. The molecule has 2 aromatic carbocycles. The van der Waals surface area contributed by atoms with Crippen LogP contribution in [-0.2, 0) is 10.0 Å². The molecular formula is C21H20N2O2S. The van der Waals surface area contributed by atoms with Gasteiger partial charge in [-0.25, -0.2) is 13.6 Å². The molecule has 26 heavy (non-hydrogen) atoms. The number of hydrogen-bond acceptors (Lipinski definition) is 3. The van der Waals surface area contributed by atoms with Crippen molar-refractivity contribution >= 4 is 10.0 Å². The first kappa shape index (κ1) is 18.0. The highest BCUT2D eigenvalue weighted by Crippen LogP contribution is 2.35. The van der Waals surface area contributed by atoms with Crippen LogP contribution in [0.25, 0.3) is 22.4 Å².